The van der Waals surface area contributed by atoms with Crippen LogP contribution in [0.3, 0.4) is 0 Å². The Balaban J connectivity index is 1.59. The number of piperazine rings is 1. The Hall–Kier alpha value is -1.44. The van der Waals surface area contributed by atoms with Crippen LogP contribution in [0.4, 0.5) is 0 Å². The van der Waals surface area contributed by atoms with Gasteiger partial charge in [0.05, 0.1) is 5.75 Å². The van der Waals surface area contributed by atoms with Crippen molar-refractivity contribution >= 4 is 15.9 Å². The van der Waals surface area contributed by atoms with Crippen LogP contribution in [0.2, 0.25) is 0 Å². The second-order valence-corrected chi connectivity index (χ2v) is 9.08. The molecule has 0 atom stereocenters. The topological polar surface area (TPSA) is 69.7 Å². The van der Waals surface area contributed by atoms with Crippen molar-refractivity contribution in [2.75, 3.05) is 33.2 Å². The predicted molar refractivity (Wildman–Crippen MR) is 97.9 cm³/mol. The minimum absolute atomic E-state index is 0.0127. The molecule has 1 heterocycles. The first-order valence-electron chi connectivity index (χ1n) is 9.00. The number of hydrogen-bond donors (Lipinski definition) is 1. The predicted octanol–water partition coefficient (Wildman–Crippen LogP) is 1.44. The minimum atomic E-state index is -3.31. The lowest BCUT2D eigenvalue weighted by Crippen LogP contribution is -2.47. The number of benzene rings is 1. The molecule has 138 valence electrons. The number of likely N-dealkylation sites (N-methyl/N-ethyl adjacent to an activating group) is 1. The van der Waals surface area contributed by atoms with Crippen LogP contribution in [0.25, 0.3) is 0 Å². The van der Waals surface area contributed by atoms with Crippen molar-refractivity contribution in [2.45, 2.75) is 37.5 Å². The lowest BCUT2D eigenvalue weighted by atomic mass is 10.1. The van der Waals surface area contributed by atoms with Gasteiger partial charge in [-0.3, -0.25) is 4.79 Å². The van der Waals surface area contributed by atoms with Crippen molar-refractivity contribution in [1.82, 2.24) is 14.5 Å². The Morgan fingerprint density at radius 3 is 2.28 bits per heavy atom. The zero-order valence-corrected chi connectivity index (χ0v) is 15.6. The molecule has 0 radical (unpaired) electrons. The second-order valence-electron chi connectivity index (χ2n) is 7.11. The first kappa shape index (κ1) is 18.4. The maximum atomic E-state index is 12.5. The summed E-state index contributed by atoms with van der Waals surface area (Å²) < 4.78 is 26.6. The normalized spacial score (nSPS) is 20.7. The molecule has 1 aromatic carbocycles. The minimum Gasteiger partial charge on any atom is -0.349 e. The molecular weight excluding hydrogens is 338 g/mol. The summed E-state index contributed by atoms with van der Waals surface area (Å²) in [5.41, 5.74) is 1.31. The van der Waals surface area contributed by atoms with E-state index in [1.807, 2.05) is 7.05 Å². The number of amides is 1. The molecule has 1 aliphatic carbocycles. The van der Waals surface area contributed by atoms with Crippen LogP contribution >= 0.6 is 0 Å². The summed E-state index contributed by atoms with van der Waals surface area (Å²) in [4.78, 5) is 14.4. The van der Waals surface area contributed by atoms with Crippen molar-refractivity contribution < 1.29 is 13.2 Å². The molecule has 1 saturated heterocycles. The van der Waals surface area contributed by atoms with Gasteiger partial charge in [-0.25, -0.2) is 8.42 Å². The molecule has 0 aromatic heterocycles. The number of nitrogens with zero attached hydrogens (tertiary/aromatic N) is 2. The highest BCUT2D eigenvalue weighted by Crippen LogP contribution is 2.19. The van der Waals surface area contributed by atoms with E-state index in [1.165, 1.54) is 12.8 Å². The van der Waals surface area contributed by atoms with Gasteiger partial charge in [-0.05, 0) is 37.6 Å². The van der Waals surface area contributed by atoms with Crippen LogP contribution in [0.5, 0.6) is 0 Å². The second kappa shape index (κ2) is 7.85. The van der Waals surface area contributed by atoms with E-state index in [2.05, 4.69) is 10.2 Å². The monoisotopic (exact) mass is 365 g/mol. The van der Waals surface area contributed by atoms with Crippen molar-refractivity contribution in [1.29, 1.82) is 0 Å². The highest BCUT2D eigenvalue weighted by atomic mass is 32.2. The smallest absolute Gasteiger partial charge is 0.251 e. The van der Waals surface area contributed by atoms with E-state index in [4.69, 9.17) is 0 Å². The largest absolute Gasteiger partial charge is 0.349 e. The highest BCUT2D eigenvalue weighted by molar-refractivity contribution is 7.88. The number of hydrogen-bond acceptors (Lipinski definition) is 4. The average Bonchev–Trinajstić information content (AvgIpc) is 3.08. The summed E-state index contributed by atoms with van der Waals surface area (Å²) in [7, 11) is -1.31. The van der Waals surface area contributed by atoms with E-state index in [0.29, 0.717) is 18.7 Å². The van der Waals surface area contributed by atoms with Crippen molar-refractivity contribution in [3.05, 3.63) is 35.4 Å². The molecule has 1 aromatic rings. The molecule has 1 amide bonds. The van der Waals surface area contributed by atoms with E-state index in [1.54, 1.807) is 28.6 Å². The summed E-state index contributed by atoms with van der Waals surface area (Å²) in [6.45, 7) is 2.61. The Bertz CT molecular complexity index is 689. The van der Waals surface area contributed by atoms with Crippen LogP contribution in [-0.4, -0.2) is 62.8 Å². The number of sulfonamides is 1. The van der Waals surface area contributed by atoms with E-state index < -0.39 is 10.0 Å². The third-order valence-electron chi connectivity index (χ3n) is 5.11. The Kier molecular flexibility index (Phi) is 5.76. The molecule has 1 aliphatic heterocycles. The van der Waals surface area contributed by atoms with E-state index in [-0.39, 0.29) is 17.7 Å². The Morgan fingerprint density at radius 1 is 1.08 bits per heavy atom. The first-order valence-corrected chi connectivity index (χ1v) is 10.6. The van der Waals surface area contributed by atoms with Gasteiger partial charge in [-0.15, -0.1) is 0 Å². The Labute approximate surface area is 150 Å². The third-order valence-corrected chi connectivity index (χ3v) is 6.96. The first-order chi connectivity index (χ1) is 11.9. The molecule has 3 rings (SSSR count). The quantitative estimate of drug-likeness (QED) is 0.857. The van der Waals surface area contributed by atoms with Gasteiger partial charge in [0.2, 0.25) is 10.0 Å². The van der Waals surface area contributed by atoms with Crippen LogP contribution in [0.15, 0.2) is 24.3 Å². The van der Waals surface area contributed by atoms with Crippen LogP contribution < -0.4 is 5.32 Å². The van der Waals surface area contributed by atoms with Crippen molar-refractivity contribution in [3.63, 3.8) is 0 Å². The molecule has 0 unspecified atom stereocenters. The molecule has 7 heteroatoms. The summed E-state index contributed by atoms with van der Waals surface area (Å²) in [6.07, 6.45) is 4.45. The summed E-state index contributed by atoms with van der Waals surface area (Å²) in [6, 6.07) is 7.22. The molecule has 2 aliphatic rings. The molecule has 0 bridgehead atoms. The molecule has 2 fully saturated rings. The SMILES string of the molecule is CN1CCN(S(=O)(=O)Cc2ccc(C(=O)NC3CCCC3)cc2)CC1. The highest BCUT2D eigenvalue weighted by Gasteiger charge is 2.26. The maximum Gasteiger partial charge on any atom is 0.251 e. The van der Waals surface area contributed by atoms with Crippen LogP contribution in [0.1, 0.15) is 41.6 Å². The van der Waals surface area contributed by atoms with Gasteiger partial charge in [0.25, 0.3) is 5.91 Å². The van der Waals surface area contributed by atoms with Gasteiger partial charge in [0.15, 0.2) is 0 Å². The molecular formula is C18H27N3O3S. The fourth-order valence-corrected chi connectivity index (χ4v) is 4.98. The van der Waals surface area contributed by atoms with Crippen LogP contribution in [-0.2, 0) is 15.8 Å². The molecule has 0 spiro atoms. The van der Waals surface area contributed by atoms with Crippen molar-refractivity contribution in [2.24, 2.45) is 0 Å². The van der Waals surface area contributed by atoms with Gasteiger partial charge in [0.1, 0.15) is 0 Å². The summed E-state index contributed by atoms with van der Waals surface area (Å²) in [5, 5.41) is 3.05. The Morgan fingerprint density at radius 2 is 1.68 bits per heavy atom. The standard InChI is InChI=1S/C18H27N3O3S/c1-20-10-12-21(13-11-20)25(23,24)14-15-6-8-16(9-7-15)18(22)19-17-4-2-3-5-17/h6-9,17H,2-5,10-14H2,1H3,(H,19,22). The van der Waals surface area contributed by atoms with Gasteiger partial charge < -0.3 is 10.2 Å². The zero-order valence-electron chi connectivity index (χ0n) is 14.8. The van der Waals surface area contributed by atoms with Gasteiger partial charge in [0, 0.05) is 37.8 Å². The number of carbonyl (C=O) groups is 1. The summed E-state index contributed by atoms with van der Waals surface area (Å²) >= 11 is 0. The molecule has 6 nitrogen and oxygen atoms in total. The summed E-state index contributed by atoms with van der Waals surface area (Å²) in [5.74, 6) is -0.0818. The van der Waals surface area contributed by atoms with E-state index in [9.17, 15) is 13.2 Å². The van der Waals surface area contributed by atoms with Crippen LogP contribution in [0, 0.1) is 0 Å². The van der Waals surface area contributed by atoms with E-state index >= 15 is 0 Å². The average molecular weight is 365 g/mol. The van der Waals surface area contributed by atoms with Gasteiger partial charge >= 0.3 is 0 Å². The van der Waals surface area contributed by atoms with Crippen molar-refractivity contribution in [3.8, 4) is 0 Å². The van der Waals surface area contributed by atoms with E-state index in [0.717, 1.165) is 31.5 Å². The van der Waals surface area contributed by atoms with Gasteiger partial charge in [-0.2, -0.15) is 4.31 Å². The fraction of sp³-hybridized carbons (Fsp3) is 0.611. The number of rotatable bonds is 5. The third kappa shape index (κ3) is 4.80. The zero-order chi connectivity index (χ0) is 17.9. The molecule has 25 heavy (non-hydrogen) atoms. The lowest BCUT2D eigenvalue weighted by molar-refractivity contribution is 0.0938. The number of carbonyl (C=O) groups excluding carboxylic acids is 1. The lowest BCUT2D eigenvalue weighted by Gasteiger charge is -2.31. The maximum absolute atomic E-state index is 12.5. The fourth-order valence-electron chi connectivity index (χ4n) is 3.46. The number of nitrogens with one attached hydrogen (secondary N) is 1. The molecule has 1 N–H and O–H groups in total. The molecule has 1 saturated carbocycles. The van der Waals surface area contributed by atoms with Gasteiger partial charge in [-0.1, -0.05) is 25.0 Å².